The summed E-state index contributed by atoms with van der Waals surface area (Å²) in [5.41, 5.74) is 8.12. The summed E-state index contributed by atoms with van der Waals surface area (Å²) in [7, 11) is 0. The Balaban J connectivity index is 1.84. The zero-order valence-corrected chi connectivity index (χ0v) is 13.9. The lowest BCUT2D eigenvalue weighted by atomic mass is 10.1. The van der Waals surface area contributed by atoms with Crippen molar-refractivity contribution in [3.8, 4) is 0 Å². The van der Waals surface area contributed by atoms with E-state index in [4.69, 9.17) is 0 Å². The van der Waals surface area contributed by atoms with Gasteiger partial charge in [-0.15, -0.1) is 0 Å². The van der Waals surface area contributed by atoms with E-state index >= 15 is 0 Å². The fraction of sp³-hybridized carbons (Fsp3) is 0.143. The molecule has 0 aromatic heterocycles. The highest BCUT2D eigenvalue weighted by Gasteiger charge is 2.01. The first-order valence-corrected chi connectivity index (χ1v) is 7.87. The monoisotopic (exact) mass is 302 g/mol. The second-order valence-corrected chi connectivity index (χ2v) is 6.08. The van der Waals surface area contributed by atoms with E-state index < -0.39 is 0 Å². The Hall–Kier alpha value is -2.74. The third-order valence-electron chi connectivity index (χ3n) is 3.69. The Kier molecular flexibility index (Phi) is 4.33. The van der Waals surface area contributed by atoms with Crippen LogP contribution in [0.25, 0.3) is 0 Å². The summed E-state index contributed by atoms with van der Waals surface area (Å²) in [4.78, 5) is 0. The van der Waals surface area contributed by atoms with E-state index in [1.54, 1.807) is 0 Å². The van der Waals surface area contributed by atoms with Crippen LogP contribution in [0.3, 0.4) is 0 Å². The average molecular weight is 302 g/mol. The molecule has 0 atom stereocenters. The lowest BCUT2D eigenvalue weighted by Gasteiger charge is -2.13. The summed E-state index contributed by atoms with van der Waals surface area (Å²) in [5, 5.41) is 6.97. The first kappa shape index (κ1) is 15.2. The summed E-state index contributed by atoms with van der Waals surface area (Å²) >= 11 is 0. The van der Waals surface area contributed by atoms with Crippen LogP contribution in [0.1, 0.15) is 16.7 Å². The molecule has 3 rings (SSSR count). The van der Waals surface area contributed by atoms with Crippen LogP contribution in [0.15, 0.2) is 66.7 Å². The number of hydrogen-bond donors (Lipinski definition) is 2. The zero-order valence-electron chi connectivity index (χ0n) is 13.9. The quantitative estimate of drug-likeness (QED) is 0.608. The van der Waals surface area contributed by atoms with Crippen LogP contribution in [-0.4, -0.2) is 0 Å². The summed E-state index contributed by atoms with van der Waals surface area (Å²) < 4.78 is 0. The number of aryl methyl sites for hydroxylation is 3. The molecule has 0 amide bonds. The molecule has 2 N–H and O–H groups in total. The third kappa shape index (κ3) is 4.13. The molecule has 3 aromatic rings. The van der Waals surface area contributed by atoms with Crippen LogP contribution < -0.4 is 10.6 Å². The van der Waals surface area contributed by atoms with E-state index in [9.17, 15) is 0 Å². The Labute approximate surface area is 138 Å². The van der Waals surface area contributed by atoms with Gasteiger partial charge >= 0.3 is 0 Å². The minimum absolute atomic E-state index is 1.09. The van der Waals surface area contributed by atoms with Crippen molar-refractivity contribution < 1.29 is 0 Å². The number of anilines is 4. The van der Waals surface area contributed by atoms with Crippen molar-refractivity contribution in [3.63, 3.8) is 0 Å². The van der Waals surface area contributed by atoms with Crippen molar-refractivity contribution >= 4 is 22.7 Å². The standard InChI is InChI=1S/C21H22N2/c1-15-6-4-8-18(10-15)22-20-12-17(3)13-21(14-20)23-19-9-5-7-16(2)11-19/h4-14,22-23H,1-3H3. The minimum atomic E-state index is 1.09. The van der Waals surface area contributed by atoms with E-state index in [1.165, 1.54) is 16.7 Å². The van der Waals surface area contributed by atoms with Crippen molar-refractivity contribution in [1.29, 1.82) is 0 Å². The molecular formula is C21H22N2. The molecule has 0 bridgehead atoms. The van der Waals surface area contributed by atoms with Crippen LogP contribution in [0.5, 0.6) is 0 Å². The molecule has 23 heavy (non-hydrogen) atoms. The van der Waals surface area contributed by atoms with Gasteiger partial charge in [0.2, 0.25) is 0 Å². The maximum atomic E-state index is 3.48. The van der Waals surface area contributed by atoms with Gasteiger partial charge in [0, 0.05) is 22.7 Å². The molecule has 116 valence electrons. The molecule has 0 saturated heterocycles. The predicted octanol–water partition coefficient (Wildman–Crippen LogP) is 6.10. The van der Waals surface area contributed by atoms with Gasteiger partial charge in [0.25, 0.3) is 0 Å². The molecule has 0 aliphatic carbocycles. The Bertz CT molecular complexity index is 756. The molecule has 3 aromatic carbocycles. The van der Waals surface area contributed by atoms with Crippen molar-refractivity contribution in [2.45, 2.75) is 20.8 Å². The van der Waals surface area contributed by atoms with Gasteiger partial charge in [-0.05, 0) is 79.9 Å². The van der Waals surface area contributed by atoms with Crippen molar-refractivity contribution in [2.24, 2.45) is 0 Å². The van der Waals surface area contributed by atoms with Crippen molar-refractivity contribution in [1.82, 2.24) is 0 Å². The van der Waals surface area contributed by atoms with Gasteiger partial charge in [-0.1, -0.05) is 24.3 Å². The Morgan fingerprint density at radius 1 is 0.478 bits per heavy atom. The van der Waals surface area contributed by atoms with E-state index in [1.807, 2.05) is 0 Å². The van der Waals surface area contributed by atoms with E-state index in [0.29, 0.717) is 0 Å². The lowest BCUT2D eigenvalue weighted by Crippen LogP contribution is -1.95. The average Bonchev–Trinajstić information content (AvgIpc) is 2.46. The molecular weight excluding hydrogens is 280 g/mol. The molecule has 0 fully saturated rings. The molecule has 0 saturated carbocycles. The highest BCUT2D eigenvalue weighted by molar-refractivity contribution is 5.69. The number of nitrogens with one attached hydrogen (secondary N) is 2. The van der Waals surface area contributed by atoms with Crippen LogP contribution in [0.2, 0.25) is 0 Å². The van der Waals surface area contributed by atoms with Gasteiger partial charge in [-0.25, -0.2) is 0 Å². The maximum absolute atomic E-state index is 3.48. The third-order valence-corrected chi connectivity index (χ3v) is 3.69. The fourth-order valence-electron chi connectivity index (χ4n) is 2.71. The highest BCUT2D eigenvalue weighted by Crippen LogP contribution is 2.25. The first-order valence-electron chi connectivity index (χ1n) is 7.87. The fourth-order valence-corrected chi connectivity index (χ4v) is 2.71. The second-order valence-electron chi connectivity index (χ2n) is 6.08. The number of benzene rings is 3. The smallest absolute Gasteiger partial charge is 0.0407 e. The molecule has 0 aliphatic heterocycles. The van der Waals surface area contributed by atoms with Gasteiger partial charge < -0.3 is 10.6 Å². The van der Waals surface area contributed by atoms with Crippen LogP contribution in [-0.2, 0) is 0 Å². The SMILES string of the molecule is Cc1cccc(Nc2cc(C)cc(Nc3cccc(C)c3)c2)c1. The van der Waals surface area contributed by atoms with Crippen LogP contribution in [0.4, 0.5) is 22.7 Å². The van der Waals surface area contributed by atoms with Crippen molar-refractivity contribution in [3.05, 3.63) is 83.4 Å². The maximum Gasteiger partial charge on any atom is 0.0407 e. The first-order chi connectivity index (χ1) is 11.1. The molecule has 0 spiro atoms. The van der Waals surface area contributed by atoms with Crippen molar-refractivity contribution in [2.75, 3.05) is 10.6 Å². The normalized spacial score (nSPS) is 10.4. The summed E-state index contributed by atoms with van der Waals surface area (Å²) in [6.07, 6.45) is 0. The summed E-state index contributed by atoms with van der Waals surface area (Å²) in [5.74, 6) is 0. The molecule has 0 unspecified atom stereocenters. The zero-order chi connectivity index (χ0) is 16.2. The largest absolute Gasteiger partial charge is 0.355 e. The van der Waals surface area contributed by atoms with Gasteiger partial charge in [0.15, 0.2) is 0 Å². The van der Waals surface area contributed by atoms with Gasteiger partial charge in [-0.2, -0.15) is 0 Å². The minimum Gasteiger partial charge on any atom is -0.355 e. The number of hydrogen-bond acceptors (Lipinski definition) is 2. The van der Waals surface area contributed by atoms with E-state index in [2.05, 4.69) is 98.1 Å². The number of rotatable bonds is 4. The summed E-state index contributed by atoms with van der Waals surface area (Å²) in [6.45, 7) is 6.32. The molecule has 0 aliphatic rings. The second kappa shape index (κ2) is 6.57. The van der Waals surface area contributed by atoms with Gasteiger partial charge in [-0.3, -0.25) is 0 Å². The molecule has 0 heterocycles. The molecule has 2 heteroatoms. The van der Waals surface area contributed by atoms with Crippen LogP contribution in [0, 0.1) is 20.8 Å². The highest BCUT2D eigenvalue weighted by atomic mass is 14.9. The topological polar surface area (TPSA) is 24.1 Å². The molecule has 2 nitrogen and oxygen atoms in total. The summed E-state index contributed by atoms with van der Waals surface area (Å²) in [6, 6.07) is 23.3. The predicted molar refractivity (Wildman–Crippen MR) is 100 cm³/mol. The van der Waals surface area contributed by atoms with E-state index in [-0.39, 0.29) is 0 Å². The van der Waals surface area contributed by atoms with Crippen LogP contribution >= 0.6 is 0 Å². The molecule has 0 radical (unpaired) electrons. The lowest BCUT2D eigenvalue weighted by molar-refractivity contribution is 1.41. The Morgan fingerprint density at radius 3 is 1.35 bits per heavy atom. The van der Waals surface area contributed by atoms with E-state index in [0.717, 1.165) is 22.7 Å². The van der Waals surface area contributed by atoms with Gasteiger partial charge in [0.1, 0.15) is 0 Å². The van der Waals surface area contributed by atoms with Gasteiger partial charge in [0.05, 0.1) is 0 Å². The Morgan fingerprint density at radius 2 is 0.913 bits per heavy atom.